The lowest BCUT2D eigenvalue weighted by Gasteiger charge is -2.38. The van der Waals surface area contributed by atoms with E-state index in [1.165, 1.54) is 0 Å². The smallest absolute Gasteiger partial charge is 0.252 e. The lowest BCUT2D eigenvalue weighted by molar-refractivity contribution is 0.0716. The van der Waals surface area contributed by atoms with Crippen LogP contribution >= 0.6 is 34.2 Å². The zero-order valence-corrected chi connectivity index (χ0v) is 14.4. The van der Waals surface area contributed by atoms with Crippen LogP contribution in [0, 0.1) is 9.49 Å². The second-order valence-electron chi connectivity index (χ2n) is 5.70. The van der Waals surface area contributed by atoms with Crippen LogP contribution in [0.5, 0.6) is 0 Å². The Kier molecular flexibility index (Phi) is 5.31. The van der Waals surface area contributed by atoms with Crippen molar-refractivity contribution in [2.24, 2.45) is 5.92 Å². The monoisotopic (exact) mass is 407 g/mol. The minimum absolute atomic E-state index is 0.0113. The third kappa shape index (κ3) is 3.65. The first-order valence-electron chi connectivity index (χ1n) is 6.84. The van der Waals surface area contributed by atoms with Crippen molar-refractivity contribution in [2.45, 2.75) is 38.1 Å². The Bertz CT molecular complexity index is 499. The molecule has 1 aromatic carbocycles. The van der Waals surface area contributed by atoms with Crippen molar-refractivity contribution in [1.82, 2.24) is 5.32 Å². The third-order valence-electron chi connectivity index (χ3n) is 4.09. The molecule has 1 fully saturated rings. The van der Waals surface area contributed by atoms with Gasteiger partial charge in [-0.1, -0.05) is 18.5 Å². The van der Waals surface area contributed by atoms with Gasteiger partial charge in [0, 0.05) is 8.59 Å². The molecule has 1 aliphatic carbocycles. The van der Waals surface area contributed by atoms with E-state index in [9.17, 15) is 9.90 Å². The average Bonchev–Trinajstić information content (AvgIpc) is 2.44. The topological polar surface area (TPSA) is 49.3 Å². The van der Waals surface area contributed by atoms with Crippen LogP contribution in [0.4, 0.5) is 0 Å². The number of rotatable bonds is 3. The largest absolute Gasteiger partial charge is 0.394 e. The highest BCUT2D eigenvalue weighted by Gasteiger charge is 2.35. The number of carbonyl (C=O) groups excluding carboxylic acids is 1. The van der Waals surface area contributed by atoms with Crippen LogP contribution in [0.25, 0.3) is 0 Å². The molecule has 1 saturated carbocycles. The zero-order chi connectivity index (χ0) is 14.8. The number of hydrogen-bond acceptors (Lipinski definition) is 2. The molecule has 0 aromatic heterocycles. The molecule has 2 N–H and O–H groups in total. The Labute approximate surface area is 138 Å². The van der Waals surface area contributed by atoms with Gasteiger partial charge in [-0.2, -0.15) is 0 Å². The summed E-state index contributed by atoms with van der Waals surface area (Å²) in [6.45, 7) is 2.20. The molecule has 0 spiro atoms. The van der Waals surface area contributed by atoms with Crippen LogP contribution in [0.2, 0.25) is 5.02 Å². The predicted molar refractivity (Wildman–Crippen MR) is 89.1 cm³/mol. The van der Waals surface area contributed by atoms with E-state index in [2.05, 4.69) is 34.8 Å². The summed E-state index contributed by atoms with van der Waals surface area (Å²) in [5, 5.41) is 13.3. The average molecular weight is 408 g/mol. The number of amides is 1. The first kappa shape index (κ1) is 16.0. The summed E-state index contributed by atoms with van der Waals surface area (Å²) in [7, 11) is 0. The zero-order valence-electron chi connectivity index (χ0n) is 11.5. The molecular weight excluding hydrogens is 389 g/mol. The van der Waals surface area contributed by atoms with Gasteiger partial charge >= 0.3 is 0 Å². The maximum atomic E-state index is 12.4. The van der Waals surface area contributed by atoms with Gasteiger partial charge in [-0.3, -0.25) is 4.79 Å². The van der Waals surface area contributed by atoms with Gasteiger partial charge in [-0.05, 0) is 72.4 Å². The fourth-order valence-corrected chi connectivity index (χ4v) is 3.37. The normalized spacial score (nSPS) is 26.3. The molecule has 0 unspecified atom stereocenters. The van der Waals surface area contributed by atoms with E-state index < -0.39 is 5.54 Å². The second-order valence-corrected chi connectivity index (χ2v) is 7.30. The highest BCUT2D eigenvalue weighted by molar-refractivity contribution is 14.1. The Morgan fingerprint density at radius 2 is 2.15 bits per heavy atom. The van der Waals surface area contributed by atoms with E-state index in [1.807, 2.05) is 6.07 Å². The van der Waals surface area contributed by atoms with E-state index in [-0.39, 0.29) is 12.5 Å². The molecule has 0 heterocycles. The number of aliphatic hydroxyl groups is 1. The molecule has 1 aromatic rings. The van der Waals surface area contributed by atoms with Gasteiger partial charge in [0.15, 0.2) is 0 Å². The molecule has 1 aliphatic rings. The Morgan fingerprint density at radius 3 is 2.75 bits per heavy atom. The number of aliphatic hydroxyl groups excluding tert-OH is 1. The SMILES string of the molecule is CC1CCC(CO)(NC(=O)c2cc(Cl)ccc2I)CC1. The molecule has 0 saturated heterocycles. The maximum absolute atomic E-state index is 12.4. The standard InChI is InChI=1S/C15H19ClINO2/c1-10-4-6-15(9-19,7-5-10)18-14(20)12-8-11(16)2-3-13(12)17/h2-3,8,10,19H,4-7,9H2,1H3,(H,18,20). The number of halogens is 2. The molecule has 0 bridgehead atoms. The highest BCUT2D eigenvalue weighted by Crippen LogP contribution is 2.32. The van der Waals surface area contributed by atoms with E-state index in [0.29, 0.717) is 16.5 Å². The molecule has 5 heteroatoms. The molecule has 20 heavy (non-hydrogen) atoms. The summed E-state index contributed by atoms with van der Waals surface area (Å²) in [6, 6.07) is 5.27. The van der Waals surface area contributed by atoms with Crippen LogP contribution < -0.4 is 5.32 Å². The summed E-state index contributed by atoms with van der Waals surface area (Å²) < 4.78 is 0.863. The van der Waals surface area contributed by atoms with Gasteiger partial charge in [-0.25, -0.2) is 0 Å². The fraction of sp³-hybridized carbons (Fsp3) is 0.533. The van der Waals surface area contributed by atoms with Crippen LogP contribution in [0.1, 0.15) is 43.0 Å². The first-order chi connectivity index (χ1) is 9.46. The van der Waals surface area contributed by atoms with Gasteiger partial charge in [-0.15, -0.1) is 0 Å². The summed E-state index contributed by atoms with van der Waals surface area (Å²) in [5.74, 6) is 0.512. The fourth-order valence-electron chi connectivity index (χ4n) is 2.62. The Hall–Kier alpha value is -0.330. The quantitative estimate of drug-likeness (QED) is 0.752. The number of hydrogen-bond donors (Lipinski definition) is 2. The predicted octanol–water partition coefficient (Wildman–Crippen LogP) is 3.62. The number of carbonyl (C=O) groups is 1. The molecule has 0 radical (unpaired) electrons. The van der Waals surface area contributed by atoms with Gasteiger partial charge in [0.05, 0.1) is 17.7 Å². The minimum Gasteiger partial charge on any atom is -0.394 e. The van der Waals surface area contributed by atoms with Gasteiger partial charge in [0.25, 0.3) is 5.91 Å². The van der Waals surface area contributed by atoms with Crippen molar-refractivity contribution in [2.75, 3.05) is 6.61 Å². The summed E-state index contributed by atoms with van der Waals surface area (Å²) in [4.78, 5) is 12.4. The molecule has 2 rings (SSSR count). The van der Waals surface area contributed by atoms with E-state index >= 15 is 0 Å². The van der Waals surface area contributed by atoms with Crippen molar-refractivity contribution >= 4 is 40.1 Å². The highest BCUT2D eigenvalue weighted by atomic mass is 127. The van der Waals surface area contributed by atoms with Gasteiger partial charge in [0.2, 0.25) is 0 Å². The Morgan fingerprint density at radius 1 is 1.50 bits per heavy atom. The number of nitrogens with one attached hydrogen (secondary N) is 1. The third-order valence-corrected chi connectivity index (χ3v) is 5.26. The Balaban J connectivity index is 2.15. The van der Waals surface area contributed by atoms with Crippen molar-refractivity contribution in [3.63, 3.8) is 0 Å². The molecule has 1 amide bonds. The van der Waals surface area contributed by atoms with Gasteiger partial charge in [0.1, 0.15) is 0 Å². The molecule has 0 atom stereocenters. The van der Waals surface area contributed by atoms with Crippen molar-refractivity contribution in [1.29, 1.82) is 0 Å². The molecule has 3 nitrogen and oxygen atoms in total. The van der Waals surface area contributed by atoms with E-state index in [1.54, 1.807) is 12.1 Å². The lowest BCUT2D eigenvalue weighted by atomic mass is 9.77. The number of benzene rings is 1. The van der Waals surface area contributed by atoms with Gasteiger partial charge < -0.3 is 10.4 Å². The summed E-state index contributed by atoms with van der Waals surface area (Å²) in [6.07, 6.45) is 3.72. The van der Waals surface area contributed by atoms with Crippen molar-refractivity contribution in [3.8, 4) is 0 Å². The van der Waals surface area contributed by atoms with E-state index in [0.717, 1.165) is 29.3 Å². The summed E-state index contributed by atoms with van der Waals surface area (Å²) >= 11 is 8.08. The van der Waals surface area contributed by atoms with Crippen molar-refractivity contribution < 1.29 is 9.90 Å². The van der Waals surface area contributed by atoms with Crippen LogP contribution in [0.3, 0.4) is 0 Å². The maximum Gasteiger partial charge on any atom is 0.252 e. The summed E-state index contributed by atoms with van der Waals surface area (Å²) in [5.41, 5.74) is 0.0965. The minimum atomic E-state index is -0.477. The van der Waals surface area contributed by atoms with Crippen LogP contribution in [0.15, 0.2) is 18.2 Å². The first-order valence-corrected chi connectivity index (χ1v) is 8.30. The van der Waals surface area contributed by atoms with E-state index in [4.69, 9.17) is 11.6 Å². The molecule has 110 valence electrons. The lowest BCUT2D eigenvalue weighted by Crippen LogP contribution is -2.53. The molecule has 0 aliphatic heterocycles. The van der Waals surface area contributed by atoms with Crippen LogP contribution in [-0.4, -0.2) is 23.2 Å². The van der Waals surface area contributed by atoms with Crippen LogP contribution in [-0.2, 0) is 0 Å². The molecular formula is C15H19ClINO2. The second kappa shape index (κ2) is 6.62. The van der Waals surface area contributed by atoms with Crippen molar-refractivity contribution in [3.05, 3.63) is 32.4 Å².